The van der Waals surface area contributed by atoms with E-state index in [9.17, 15) is 18.0 Å². The second-order valence-corrected chi connectivity index (χ2v) is 13.7. The average molecular weight is 516 g/mol. The fraction of sp³-hybridized carbons (Fsp3) is 0.577. The van der Waals surface area contributed by atoms with Gasteiger partial charge in [-0.15, -0.1) is 0 Å². The van der Waals surface area contributed by atoms with Crippen molar-refractivity contribution in [2.75, 3.05) is 5.32 Å². The number of amides is 2. The number of rotatable bonds is 6. The summed E-state index contributed by atoms with van der Waals surface area (Å²) >= 11 is 0. The van der Waals surface area contributed by atoms with Gasteiger partial charge in [0, 0.05) is 17.5 Å². The molecule has 3 unspecified atom stereocenters. The number of carbonyl (C=O) groups is 2. The predicted octanol–water partition coefficient (Wildman–Crippen LogP) is 3.28. The zero-order valence-corrected chi connectivity index (χ0v) is 22.5. The number of anilines is 1. The number of sulfone groups is 1. The van der Waals surface area contributed by atoms with Crippen molar-refractivity contribution in [1.82, 2.24) is 20.4 Å². The normalized spacial score (nSPS) is 22.7. The number of benzene rings is 1. The van der Waals surface area contributed by atoms with E-state index in [1.54, 1.807) is 42.8 Å². The number of aromatic nitrogens is 2. The molecule has 2 amide bonds. The Morgan fingerprint density at radius 3 is 2.47 bits per heavy atom. The maximum absolute atomic E-state index is 13.0. The van der Waals surface area contributed by atoms with Crippen LogP contribution in [0.5, 0.6) is 0 Å². The first-order chi connectivity index (χ1) is 16.9. The second kappa shape index (κ2) is 9.97. The molecule has 196 valence electrons. The number of hydrogen-bond donors (Lipinski definition) is 3. The molecule has 1 saturated heterocycles. The zero-order valence-electron chi connectivity index (χ0n) is 21.7. The van der Waals surface area contributed by atoms with E-state index in [1.807, 2.05) is 26.8 Å². The van der Waals surface area contributed by atoms with Gasteiger partial charge in [0.1, 0.15) is 5.82 Å². The predicted molar refractivity (Wildman–Crippen MR) is 138 cm³/mol. The van der Waals surface area contributed by atoms with E-state index in [4.69, 9.17) is 5.10 Å². The number of nitrogens with one attached hydrogen (secondary N) is 3. The van der Waals surface area contributed by atoms with Crippen LogP contribution in [0.25, 0.3) is 0 Å². The molecule has 0 spiro atoms. The highest BCUT2D eigenvalue weighted by molar-refractivity contribution is 7.92. The van der Waals surface area contributed by atoms with Crippen LogP contribution >= 0.6 is 0 Å². The highest BCUT2D eigenvalue weighted by Crippen LogP contribution is 2.31. The lowest BCUT2D eigenvalue weighted by Crippen LogP contribution is -2.59. The molecule has 4 rings (SSSR count). The van der Waals surface area contributed by atoms with Crippen molar-refractivity contribution in [3.63, 3.8) is 0 Å². The van der Waals surface area contributed by atoms with Crippen LogP contribution in [0.3, 0.4) is 0 Å². The van der Waals surface area contributed by atoms with Crippen molar-refractivity contribution in [2.24, 2.45) is 5.92 Å². The van der Waals surface area contributed by atoms with Crippen molar-refractivity contribution in [2.45, 2.75) is 94.6 Å². The van der Waals surface area contributed by atoms with Crippen LogP contribution in [0.4, 0.5) is 5.82 Å². The fourth-order valence-corrected chi connectivity index (χ4v) is 5.81. The maximum Gasteiger partial charge on any atom is 0.229 e. The third kappa shape index (κ3) is 5.49. The van der Waals surface area contributed by atoms with Crippen LogP contribution in [0.15, 0.2) is 35.2 Å². The van der Waals surface area contributed by atoms with Crippen molar-refractivity contribution < 1.29 is 18.0 Å². The standard InChI is InChI=1S/C26H37N5O4S/c1-16(2)36(34,35)18-12-10-17(11-13-18)14-23(32)28-22-15-21(26(3,4)5)30-31(22)25-27-20-9-7-6-8-19(20)24(33)29-25/h10-13,15-16,19-20,25,27H,6-9,14H2,1-5H3,(H,28,32)(H,29,33). The molecule has 2 heterocycles. The smallest absolute Gasteiger partial charge is 0.229 e. The lowest BCUT2D eigenvalue weighted by Gasteiger charge is -2.40. The van der Waals surface area contributed by atoms with Crippen LogP contribution in [0.2, 0.25) is 0 Å². The van der Waals surface area contributed by atoms with Gasteiger partial charge in [0.05, 0.1) is 28.2 Å². The molecular weight excluding hydrogens is 478 g/mol. The van der Waals surface area contributed by atoms with Gasteiger partial charge in [-0.1, -0.05) is 45.7 Å². The molecule has 1 aliphatic carbocycles. The van der Waals surface area contributed by atoms with Gasteiger partial charge in [-0.2, -0.15) is 5.10 Å². The minimum atomic E-state index is -3.37. The minimum absolute atomic E-state index is 0.0185. The first-order valence-electron chi connectivity index (χ1n) is 12.7. The Hall–Kier alpha value is -2.72. The SMILES string of the molecule is CC(C)S(=O)(=O)c1ccc(CC(=O)Nc2cc(C(C)(C)C)nn2C2NC(=O)C3CCCCC3N2)cc1. The summed E-state index contributed by atoms with van der Waals surface area (Å²) in [5, 5.41) is 13.7. The average Bonchev–Trinajstić information content (AvgIpc) is 3.23. The molecule has 0 radical (unpaired) electrons. The molecule has 3 N–H and O–H groups in total. The molecule has 1 saturated carbocycles. The molecule has 2 aromatic rings. The van der Waals surface area contributed by atoms with Gasteiger partial charge < -0.3 is 10.6 Å². The van der Waals surface area contributed by atoms with Crippen LogP contribution in [0.1, 0.15) is 77.8 Å². The van der Waals surface area contributed by atoms with Crippen molar-refractivity contribution in [1.29, 1.82) is 0 Å². The molecule has 10 heteroatoms. The Morgan fingerprint density at radius 1 is 1.17 bits per heavy atom. The van der Waals surface area contributed by atoms with E-state index in [1.165, 1.54) is 0 Å². The molecule has 2 fully saturated rings. The first kappa shape index (κ1) is 26.3. The molecule has 36 heavy (non-hydrogen) atoms. The van der Waals surface area contributed by atoms with Gasteiger partial charge >= 0.3 is 0 Å². The third-order valence-corrected chi connectivity index (χ3v) is 9.18. The van der Waals surface area contributed by atoms with Gasteiger partial charge in [0.15, 0.2) is 16.1 Å². The summed E-state index contributed by atoms with van der Waals surface area (Å²) < 4.78 is 26.4. The number of nitrogens with zero attached hydrogens (tertiary/aromatic N) is 2. The van der Waals surface area contributed by atoms with Crippen LogP contribution in [-0.4, -0.2) is 41.3 Å². The van der Waals surface area contributed by atoms with Gasteiger partial charge in [-0.25, -0.2) is 13.1 Å². The van der Waals surface area contributed by atoms with E-state index in [2.05, 4.69) is 16.0 Å². The fourth-order valence-electron chi connectivity index (χ4n) is 4.75. The Morgan fingerprint density at radius 2 is 1.83 bits per heavy atom. The molecule has 1 aromatic heterocycles. The summed E-state index contributed by atoms with van der Waals surface area (Å²) in [6, 6.07) is 8.35. The van der Waals surface area contributed by atoms with Crippen LogP contribution in [-0.2, 0) is 31.3 Å². The number of fused-ring (bicyclic) bond motifs is 1. The minimum Gasteiger partial charge on any atom is -0.322 e. The first-order valence-corrected chi connectivity index (χ1v) is 14.2. The largest absolute Gasteiger partial charge is 0.322 e. The Bertz CT molecular complexity index is 1230. The van der Waals surface area contributed by atoms with Gasteiger partial charge in [0.25, 0.3) is 0 Å². The third-order valence-electron chi connectivity index (χ3n) is 7.01. The lowest BCUT2D eigenvalue weighted by atomic mass is 9.83. The van der Waals surface area contributed by atoms with E-state index in [-0.39, 0.29) is 40.5 Å². The van der Waals surface area contributed by atoms with Gasteiger partial charge in [-0.05, 0) is 44.4 Å². The molecule has 3 atom stereocenters. The summed E-state index contributed by atoms with van der Waals surface area (Å²) in [4.78, 5) is 26.0. The number of hydrogen-bond acceptors (Lipinski definition) is 6. The Labute approximate surface area is 213 Å². The molecule has 2 aliphatic rings. The quantitative estimate of drug-likeness (QED) is 0.543. The van der Waals surface area contributed by atoms with E-state index in [0.717, 1.165) is 31.4 Å². The highest BCUT2D eigenvalue weighted by atomic mass is 32.2. The lowest BCUT2D eigenvalue weighted by molar-refractivity contribution is -0.132. The van der Waals surface area contributed by atoms with E-state index < -0.39 is 21.4 Å². The topological polar surface area (TPSA) is 122 Å². The summed E-state index contributed by atoms with van der Waals surface area (Å²) in [5.41, 5.74) is 1.24. The summed E-state index contributed by atoms with van der Waals surface area (Å²) in [6.45, 7) is 9.42. The summed E-state index contributed by atoms with van der Waals surface area (Å²) in [6.07, 6.45) is 3.48. The van der Waals surface area contributed by atoms with Crippen LogP contribution < -0.4 is 16.0 Å². The highest BCUT2D eigenvalue weighted by Gasteiger charge is 2.39. The Balaban J connectivity index is 1.53. The second-order valence-electron chi connectivity index (χ2n) is 11.1. The zero-order chi connectivity index (χ0) is 26.3. The van der Waals surface area contributed by atoms with Gasteiger partial charge in [-0.3, -0.25) is 14.9 Å². The molecular formula is C26H37N5O4S. The van der Waals surface area contributed by atoms with Crippen molar-refractivity contribution >= 4 is 27.5 Å². The Kier molecular flexibility index (Phi) is 7.30. The van der Waals surface area contributed by atoms with Gasteiger partial charge in [0.2, 0.25) is 11.8 Å². The number of carbonyl (C=O) groups excluding carboxylic acids is 2. The van der Waals surface area contributed by atoms with Crippen molar-refractivity contribution in [3.8, 4) is 0 Å². The molecule has 1 aromatic carbocycles. The van der Waals surface area contributed by atoms with E-state index >= 15 is 0 Å². The monoisotopic (exact) mass is 515 g/mol. The molecule has 0 bridgehead atoms. The molecule has 1 aliphatic heterocycles. The van der Waals surface area contributed by atoms with Crippen LogP contribution in [0, 0.1) is 5.92 Å². The summed E-state index contributed by atoms with van der Waals surface area (Å²) in [7, 11) is -3.37. The summed E-state index contributed by atoms with van der Waals surface area (Å²) in [5.74, 6) is 0.225. The van der Waals surface area contributed by atoms with Crippen molar-refractivity contribution in [3.05, 3.63) is 41.6 Å². The van der Waals surface area contributed by atoms with E-state index in [0.29, 0.717) is 11.4 Å². The maximum atomic E-state index is 13.0. The molecule has 9 nitrogen and oxygen atoms in total.